The van der Waals surface area contributed by atoms with E-state index in [0.717, 1.165) is 0 Å². The number of esters is 1. The van der Waals surface area contributed by atoms with E-state index >= 15 is 0 Å². The minimum absolute atomic E-state index is 0.151. The first-order valence-corrected chi connectivity index (χ1v) is 7.40. The lowest BCUT2D eigenvalue weighted by molar-refractivity contribution is -0.138. The second-order valence-corrected chi connectivity index (χ2v) is 4.78. The van der Waals surface area contributed by atoms with Crippen molar-refractivity contribution in [1.82, 2.24) is 0 Å². The van der Waals surface area contributed by atoms with E-state index in [0.29, 0.717) is 16.8 Å². The Morgan fingerprint density at radius 1 is 1.12 bits per heavy atom. The second-order valence-electron chi connectivity index (χ2n) is 4.78. The lowest BCUT2D eigenvalue weighted by Gasteiger charge is -2.09. The molecule has 0 saturated heterocycles. The summed E-state index contributed by atoms with van der Waals surface area (Å²) in [5.74, 6) is -0.860. The summed E-state index contributed by atoms with van der Waals surface area (Å²) in [6.45, 7) is 1.84. The predicted molar refractivity (Wildman–Crippen MR) is 90.3 cm³/mol. The van der Waals surface area contributed by atoms with Gasteiger partial charge in [0.2, 0.25) is 0 Å². The van der Waals surface area contributed by atoms with Gasteiger partial charge in [0.15, 0.2) is 11.4 Å². The van der Waals surface area contributed by atoms with E-state index < -0.39 is 5.97 Å². The molecule has 0 spiro atoms. The molecule has 5 heteroatoms. The van der Waals surface area contributed by atoms with Crippen LogP contribution in [0.5, 0.6) is 0 Å². The van der Waals surface area contributed by atoms with Crippen molar-refractivity contribution < 1.29 is 14.3 Å². The summed E-state index contributed by atoms with van der Waals surface area (Å²) in [6, 6.07) is 17.5. The highest BCUT2D eigenvalue weighted by Crippen LogP contribution is 2.19. The van der Waals surface area contributed by atoms with Crippen molar-refractivity contribution >= 4 is 17.4 Å². The zero-order chi connectivity index (χ0) is 17.4. The molecule has 0 heterocycles. The van der Waals surface area contributed by atoms with Crippen LogP contribution in [0.3, 0.4) is 0 Å². The fraction of sp³-hybridized carbons (Fsp3) is 0.105. The van der Waals surface area contributed by atoms with Crippen molar-refractivity contribution in [3.63, 3.8) is 0 Å². The smallest absolute Gasteiger partial charge is 0.350 e. The predicted octanol–water partition coefficient (Wildman–Crippen LogP) is 3.30. The Bertz CT molecular complexity index is 805. The standard InChI is InChI=1S/C19H16N2O3/c1-2-24-19(23)15(12-20)13-21-17-11-7-6-10-16(17)18(22)14-8-4-3-5-9-14/h3-11,13,21H,2H2,1H3/b15-13+. The molecule has 0 aliphatic carbocycles. The topological polar surface area (TPSA) is 79.2 Å². The van der Waals surface area contributed by atoms with E-state index in [9.17, 15) is 9.59 Å². The minimum Gasteiger partial charge on any atom is -0.462 e. The lowest BCUT2D eigenvalue weighted by atomic mass is 10.0. The molecule has 0 atom stereocenters. The van der Waals surface area contributed by atoms with Gasteiger partial charge in [-0.3, -0.25) is 4.79 Å². The molecule has 2 aromatic rings. The van der Waals surface area contributed by atoms with E-state index in [1.165, 1.54) is 6.20 Å². The van der Waals surface area contributed by atoms with Crippen LogP contribution in [0.15, 0.2) is 66.4 Å². The number of hydrogen-bond donors (Lipinski definition) is 1. The number of carbonyl (C=O) groups excluding carboxylic acids is 2. The third-order valence-corrected chi connectivity index (χ3v) is 3.20. The Morgan fingerprint density at radius 3 is 2.46 bits per heavy atom. The fourth-order valence-electron chi connectivity index (χ4n) is 2.05. The highest BCUT2D eigenvalue weighted by molar-refractivity contribution is 6.12. The Kier molecular flexibility index (Phi) is 5.87. The van der Waals surface area contributed by atoms with Gasteiger partial charge < -0.3 is 10.1 Å². The molecule has 2 rings (SSSR count). The number of para-hydroxylation sites is 1. The maximum Gasteiger partial charge on any atom is 0.350 e. The van der Waals surface area contributed by atoms with E-state index in [1.807, 2.05) is 6.07 Å². The monoisotopic (exact) mass is 320 g/mol. The number of rotatable bonds is 6. The van der Waals surface area contributed by atoms with Gasteiger partial charge >= 0.3 is 5.97 Å². The van der Waals surface area contributed by atoms with Gasteiger partial charge in [-0.1, -0.05) is 42.5 Å². The number of ether oxygens (including phenoxy) is 1. The van der Waals surface area contributed by atoms with Crippen LogP contribution in [-0.4, -0.2) is 18.4 Å². The number of nitriles is 1. The molecule has 0 aromatic heterocycles. The van der Waals surface area contributed by atoms with Gasteiger partial charge in [-0.15, -0.1) is 0 Å². The van der Waals surface area contributed by atoms with E-state index in [2.05, 4.69) is 5.32 Å². The van der Waals surface area contributed by atoms with E-state index in [4.69, 9.17) is 10.00 Å². The van der Waals surface area contributed by atoms with Crippen molar-refractivity contribution in [2.45, 2.75) is 6.92 Å². The van der Waals surface area contributed by atoms with Crippen LogP contribution in [0.1, 0.15) is 22.8 Å². The Morgan fingerprint density at radius 2 is 1.79 bits per heavy atom. The summed E-state index contributed by atoms with van der Waals surface area (Å²) in [7, 11) is 0. The molecule has 5 nitrogen and oxygen atoms in total. The quantitative estimate of drug-likeness (QED) is 0.382. The Balaban J connectivity index is 2.28. The van der Waals surface area contributed by atoms with Gasteiger partial charge in [-0.25, -0.2) is 4.79 Å². The molecule has 24 heavy (non-hydrogen) atoms. The molecule has 0 radical (unpaired) electrons. The molecule has 1 N–H and O–H groups in total. The number of anilines is 1. The molecular formula is C19H16N2O3. The van der Waals surface area contributed by atoms with Crippen molar-refractivity contribution in [2.75, 3.05) is 11.9 Å². The normalized spacial score (nSPS) is 10.6. The first-order chi connectivity index (χ1) is 11.7. The van der Waals surface area contributed by atoms with Crippen LogP contribution in [0, 0.1) is 11.3 Å². The molecule has 0 aliphatic rings. The van der Waals surface area contributed by atoms with Crippen molar-refractivity contribution in [3.8, 4) is 6.07 Å². The molecule has 0 unspecified atom stereocenters. The first kappa shape index (κ1) is 17.0. The summed E-state index contributed by atoms with van der Waals surface area (Å²) >= 11 is 0. The zero-order valence-electron chi connectivity index (χ0n) is 13.2. The van der Waals surface area contributed by atoms with Gasteiger partial charge in [-0.2, -0.15) is 5.26 Å². The lowest BCUT2D eigenvalue weighted by Crippen LogP contribution is -2.09. The van der Waals surface area contributed by atoms with E-state index in [-0.39, 0.29) is 18.0 Å². The maximum atomic E-state index is 12.6. The molecule has 0 saturated carbocycles. The van der Waals surface area contributed by atoms with Crippen molar-refractivity contribution in [1.29, 1.82) is 5.26 Å². The maximum absolute atomic E-state index is 12.6. The minimum atomic E-state index is -0.709. The van der Waals surface area contributed by atoms with Gasteiger partial charge in [-0.05, 0) is 19.1 Å². The largest absolute Gasteiger partial charge is 0.462 e. The third-order valence-electron chi connectivity index (χ3n) is 3.20. The molecule has 120 valence electrons. The van der Waals surface area contributed by atoms with Gasteiger partial charge in [0.05, 0.1) is 6.61 Å². The highest BCUT2D eigenvalue weighted by Gasteiger charge is 2.14. The number of carbonyl (C=O) groups is 2. The summed E-state index contributed by atoms with van der Waals surface area (Å²) in [6.07, 6.45) is 1.25. The number of ketones is 1. The summed E-state index contributed by atoms with van der Waals surface area (Å²) < 4.78 is 4.79. The zero-order valence-corrected chi connectivity index (χ0v) is 13.2. The fourth-order valence-corrected chi connectivity index (χ4v) is 2.05. The summed E-state index contributed by atoms with van der Waals surface area (Å²) in [5, 5.41) is 11.9. The van der Waals surface area contributed by atoms with Crippen LogP contribution >= 0.6 is 0 Å². The van der Waals surface area contributed by atoms with Gasteiger partial charge in [0, 0.05) is 23.0 Å². The second kappa shape index (κ2) is 8.30. The molecule has 0 amide bonds. The number of nitrogens with one attached hydrogen (secondary N) is 1. The average molecular weight is 320 g/mol. The van der Waals surface area contributed by atoms with Crippen LogP contribution in [0.4, 0.5) is 5.69 Å². The Labute approximate surface area is 140 Å². The number of benzene rings is 2. The van der Waals surface area contributed by atoms with Gasteiger partial charge in [0.25, 0.3) is 0 Å². The van der Waals surface area contributed by atoms with Crippen LogP contribution in [0.25, 0.3) is 0 Å². The van der Waals surface area contributed by atoms with Crippen molar-refractivity contribution in [2.24, 2.45) is 0 Å². The third kappa shape index (κ3) is 4.08. The summed E-state index contributed by atoms with van der Waals surface area (Å²) in [4.78, 5) is 24.2. The SMILES string of the molecule is CCOC(=O)/C(C#N)=C/Nc1ccccc1C(=O)c1ccccc1. The molecule has 0 aliphatic heterocycles. The molecular weight excluding hydrogens is 304 g/mol. The highest BCUT2D eigenvalue weighted by atomic mass is 16.5. The molecule has 0 fully saturated rings. The van der Waals surface area contributed by atoms with Crippen LogP contribution in [0.2, 0.25) is 0 Å². The molecule has 0 bridgehead atoms. The number of nitrogens with zero attached hydrogens (tertiary/aromatic N) is 1. The first-order valence-electron chi connectivity index (χ1n) is 7.40. The summed E-state index contributed by atoms with van der Waals surface area (Å²) in [5.41, 5.74) is 1.34. The number of hydrogen-bond acceptors (Lipinski definition) is 5. The Hall–Kier alpha value is -3.39. The van der Waals surface area contributed by atoms with Crippen LogP contribution in [-0.2, 0) is 9.53 Å². The van der Waals surface area contributed by atoms with Gasteiger partial charge in [0.1, 0.15) is 6.07 Å². The average Bonchev–Trinajstić information content (AvgIpc) is 2.63. The van der Waals surface area contributed by atoms with Crippen molar-refractivity contribution in [3.05, 3.63) is 77.5 Å². The molecule has 2 aromatic carbocycles. The van der Waals surface area contributed by atoms with Crippen LogP contribution < -0.4 is 5.32 Å². The van der Waals surface area contributed by atoms with E-state index in [1.54, 1.807) is 61.5 Å².